The SMILES string of the molecule is CO[C@@H]1C(C)C[C@@H](N(C)c2cc(C)ncc2C(=O)C2=CC(C(C)(C)C)=C(C)C2)C1(C)C. The Morgan fingerprint density at radius 2 is 1.90 bits per heavy atom. The zero-order valence-electron chi connectivity index (χ0n) is 21.1. The van der Waals surface area contributed by atoms with E-state index in [1.807, 2.05) is 14.0 Å². The van der Waals surface area contributed by atoms with Crippen molar-refractivity contribution in [1.29, 1.82) is 0 Å². The van der Waals surface area contributed by atoms with Gasteiger partial charge in [0.2, 0.25) is 0 Å². The number of methoxy groups -OCH3 is 1. The molecule has 1 aromatic rings. The molecule has 1 fully saturated rings. The minimum absolute atomic E-state index is 0.0232. The van der Waals surface area contributed by atoms with E-state index < -0.39 is 0 Å². The Kier molecular flexibility index (Phi) is 6.27. The fourth-order valence-electron chi connectivity index (χ4n) is 5.98. The van der Waals surface area contributed by atoms with Gasteiger partial charge in [-0.1, -0.05) is 53.2 Å². The summed E-state index contributed by atoms with van der Waals surface area (Å²) in [5.74, 6) is 0.563. The lowest BCUT2D eigenvalue weighted by molar-refractivity contribution is 0.00214. The molecule has 1 aromatic heterocycles. The number of nitrogens with zero attached hydrogens (tertiary/aromatic N) is 2. The minimum Gasteiger partial charge on any atom is -0.381 e. The summed E-state index contributed by atoms with van der Waals surface area (Å²) in [6.45, 7) is 17.6. The molecule has 170 valence electrons. The lowest BCUT2D eigenvalue weighted by atomic mass is 9.83. The standard InChI is InChI=1S/C27H40N2O2/c1-16-11-19(14-21(16)26(4,5)6)24(30)20-15-28-18(3)13-22(20)29(9)23-12-17(2)25(31-10)27(23,7)8/h13-15,17,23,25H,11-12H2,1-10H3/t17?,23-,25-/m1/s1. The van der Waals surface area contributed by atoms with E-state index in [2.05, 4.69) is 77.5 Å². The van der Waals surface area contributed by atoms with E-state index in [0.29, 0.717) is 11.5 Å². The highest BCUT2D eigenvalue weighted by molar-refractivity contribution is 6.13. The molecule has 2 aliphatic rings. The number of hydrogen-bond acceptors (Lipinski definition) is 4. The van der Waals surface area contributed by atoms with Gasteiger partial charge in [-0.2, -0.15) is 0 Å². The van der Waals surface area contributed by atoms with Gasteiger partial charge in [-0.05, 0) is 49.7 Å². The van der Waals surface area contributed by atoms with Gasteiger partial charge < -0.3 is 9.64 Å². The first-order chi connectivity index (χ1) is 14.3. The Morgan fingerprint density at radius 1 is 1.26 bits per heavy atom. The summed E-state index contributed by atoms with van der Waals surface area (Å²) in [6, 6.07) is 2.34. The second kappa shape index (κ2) is 8.20. The van der Waals surface area contributed by atoms with Gasteiger partial charge in [0.25, 0.3) is 0 Å². The largest absolute Gasteiger partial charge is 0.381 e. The molecule has 0 radical (unpaired) electrons. The van der Waals surface area contributed by atoms with Crippen LogP contribution in [0, 0.1) is 23.7 Å². The van der Waals surface area contributed by atoms with Crippen molar-refractivity contribution in [3.8, 4) is 0 Å². The van der Waals surface area contributed by atoms with Crippen LogP contribution in [0.25, 0.3) is 0 Å². The molecule has 4 nitrogen and oxygen atoms in total. The maximum Gasteiger partial charge on any atom is 0.192 e. The average molecular weight is 425 g/mol. The summed E-state index contributed by atoms with van der Waals surface area (Å²) < 4.78 is 5.87. The number of carbonyl (C=O) groups is 1. The van der Waals surface area contributed by atoms with Gasteiger partial charge in [-0.3, -0.25) is 9.78 Å². The number of anilines is 1. The molecule has 1 unspecified atom stereocenters. The summed E-state index contributed by atoms with van der Waals surface area (Å²) in [7, 11) is 3.93. The highest BCUT2D eigenvalue weighted by Gasteiger charge is 2.49. The summed E-state index contributed by atoms with van der Waals surface area (Å²) in [5.41, 5.74) is 6.06. The van der Waals surface area contributed by atoms with E-state index in [1.54, 1.807) is 6.20 Å². The van der Waals surface area contributed by atoms with E-state index in [1.165, 1.54) is 11.1 Å². The van der Waals surface area contributed by atoms with Gasteiger partial charge in [-0.15, -0.1) is 0 Å². The van der Waals surface area contributed by atoms with Crippen molar-refractivity contribution >= 4 is 11.5 Å². The number of aryl methyl sites for hydroxylation is 1. The third-order valence-electron chi connectivity index (χ3n) is 7.40. The first-order valence-corrected chi connectivity index (χ1v) is 11.5. The van der Waals surface area contributed by atoms with Gasteiger partial charge >= 0.3 is 0 Å². The number of rotatable bonds is 5. The highest BCUT2D eigenvalue weighted by Crippen LogP contribution is 2.47. The van der Waals surface area contributed by atoms with Crippen LogP contribution in [-0.4, -0.2) is 37.1 Å². The molecular weight excluding hydrogens is 384 g/mol. The number of ketones is 1. The number of ether oxygens (including phenoxy) is 1. The third-order valence-corrected chi connectivity index (χ3v) is 7.40. The van der Waals surface area contributed by atoms with Crippen molar-refractivity contribution in [2.45, 2.75) is 80.4 Å². The Balaban J connectivity index is 1.98. The quantitative estimate of drug-likeness (QED) is 0.532. The molecule has 3 rings (SSSR count). The fraction of sp³-hybridized carbons (Fsp3) is 0.630. The third kappa shape index (κ3) is 4.24. The minimum atomic E-state index is -0.0232. The zero-order chi connectivity index (χ0) is 23.3. The van der Waals surface area contributed by atoms with E-state index >= 15 is 0 Å². The topological polar surface area (TPSA) is 42.4 Å². The number of aromatic nitrogens is 1. The van der Waals surface area contributed by atoms with E-state index in [-0.39, 0.29) is 28.8 Å². The molecule has 1 saturated carbocycles. The van der Waals surface area contributed by atoms with Crippen LogP contribution in [0.4, 0.5) is 5.69 Å². The van der Waals surface area contributed by atoms with E-state index in [4.69, 9.17) is 4.74 Å². The van der Waals surface area contributed by atoms with Crippen LogP contribution in [0.2, 0.25) is 0 Å². The molecule has 0 amide bonds. The molecule has 2 aliphatic carbocycles. The number of allylic oxidation sites excluding steroid dienone is 4. The smallest absolute Gasteiger partial charge is 0.192 e. The summed E-state index contributed by atoms with van der Waals surface area (Å²) in [5, 5.41) is 0. The molecule has 0 spiro atoms. The van der Waals surface area contributed by atoms with Crippen LogP contribution in [0.15, 0.2) is 35.1 Å². The molecular formula is C27H40N2O2. The molecule has 0 aromatic carbocycles. The lowest BCUT2D eigenvalue weighted by Crippen LogP contribution is -2.44. The van der Waals surface area contributed by atoms with E-state index in [9.17, 15) is 4.79 Å². The maximum absolute atomic E-state index is 13.7. The lowest BCUT2D eigenvalue weighted by Gasteiger charge is -2.39. The zero-order valence-corrected chi connectivity index (χ0v) is 21.1. The predicted molar refractivity (Wildman–Crippen MR) is 129 cm³/mol. The van der Waals surface area contributed by atoms with Gasteiger partial charge in [0.1, 0.15) is 0 Å². The summed E-state index contributed by atoms with van der Waals surface area (Å²) in [4.78, 5) is 20.5. The molecule has 0 saturated heterocycles. The van der Waals surface area contributed by atoms with Crippen molar-refractivity contribution < 1.29 is 9.53 Å². The van der Waals surface area contributed by atoms with Gasteiger partial charge in [0.05, 0.1) is 17.4 Å². The van der Waals surface area contributed by atoms with Crippen LogP contribution in [-0.2, 0) is 4.74 Å². The normalized spacial score (nSPS) is 25.7. The Labute approximate surface area is 188 Å². The van der Waals surface area contributed by atoms with Crippen LogP contribution in [0.1, 0.15) is 77.4 Å². The van der Waals surface area contributed by atoms with Crippen molar-refractivity contribution in [1.82, 2.24) is 4.98 Å². The number of Topliss-reactive ketones (excluding diaryl/α,β-unsaturated/α-hetero) is 1. The van der Waals surface area contributed by atoms with Crippen LogP contribution >= 0.6 is 0 Å². The first-order valence-electron chi connectivity index (χ1n) is 11.5. The highest BCUT2D eigenvalue weighted by atomic mass is 16.5. The second-order valence-electron chi connectivity index (χ2n) is 11.3. The summed E-state index contributed by atoms with van der Waals surface area (Å²) >= 11 is 0. The van der Waals surface area contributed by atoms with Crippen LogP contribution in [0.5, 0.6) is 0 Å². The average Bonchev–Trinajstić information content (AvgIpc) is 3.17. The Hall–Kier alpha value is -1.94. The van der Waals surface area contributed by atoms with E-state index in [0.717, 1.165) is 29.8 Å². The summed E-state index contributed by atoms with van der Waals surface area (Å²) in [6.07, 6.45) is 5.84. The van der Waals surface area contributed by atoms with Crippen LogP contribution in [0.3, 0.4) is 0 Å². The molecule has 0 aliphatic heterocycles. The molecule has 4 heteroatoms. The number of hydrogen-bond donors (Lipinski definition) is 0. The van der Waals surface area contributed by atoms with Crippen molar-refractivity contribution in [3.63, 3.8) is 0 Å². The molecule has 31 heavy (non-hydrogen) atoms. The predicted octanol–water partition coefficient (Wildman–Crippen LogP) is 6.15. The van der Waals surface area contributed by atoms with Gasteiger partial charge in [0.15, 0.2) is 5.78 Å². The molecule has 1 heterocycles. The van der Waals surface area contributed by atoms with Gasteiger partial charge in [0, 0.05) is 43.1 Å². The molecule has 0 bridgehead atoms. The van der Waals surface area contributed by atoms with Gasteiger partial charge in [-0.25, -0.2) is 0 Å². The maximum atomic E-state index is 13.7. The number of pyridine rings is 1. The first kappa shape index (κ1) is 23.7. The fourth-order valence-corrected chi connectivity index (χ4v) is 5.98. The second-order valence-corrected chi connectivity index (χ2v) is 11.3. The Morgan fingerprint density at radius 3 is 2.42 bits per heavy atom. The molecule has 0 N–H and O–H groups in total. The monoisotopic (exact) mass is 424 g/mol. The number of carbonyl (C=O) groups excluding carboxylic acids is 1. The molecule has 3 atom stereocenters. The Bertz CT molecular complexity index is 933. The van der Waals surface area contributed by atoms with Crippen molar-refractivity contribution in [2.75, 3.05) is 19.1 Å². The van der Waals surface area contributed by atoms with Crippen molar-refractivity contribution in [2.24, 2.45) is 16.7 Å². The van der Waals surface area contributed by atoms with Crippen molar-refractivity contribution in [3.05, 3.63) is 46.3 Å². The van der Waals surface area contributed by atoms with Crippen LogP contribution < -0.4 is 4.90 Å².